The van der Waals surface area contributed by atoms with Gasteiger partial charge in [-0.05, 0) is 18.3 Å². The highest BCUT2D eigenvalue weighted by atomic mass is 16.1. The van der Waals surface area contributed by atoms with E-state index in [4.69, 9.17) is 6.57 Å². The van der Waals surface area contributed by atoms with Crippen molar-refractivity contribution >= 4 is 5.78 Å². The van der Waals surface area contributed by atoms with Gasteiger partial charge in [0.25, 0.3) is 6.54 Å². The van der Waals surface area contributed by atoms with Gasteiger partial charge in [0.2, 0.25) is 5.78 Å². The molecule has 1 aliphatic carbocycles. The van der Waals surface area contributed by atoms with Crippen LogP contribution in [0.15, 0.2) is 0 Å². The van der Waals surface area contributed by atoms with Crippen LogP contribution in [0.5, 0.6) is 0 Å². The number of nitrogens with zero attached hydrogens (tertiary/aromatic N) is 1. The third-order valence-corrected chi connectivity index (χ3v) is 1.98. The molecule has 54 valence electrons. The van der Waals surface area contributed by atoms with E-state index < -0.39 is 0 Å². The van der Waals surface area contributed by atoms with E-state index in [0.29, 0.717) is 6.42 Å². The second-order valence-corrected chi connectivity index (χ2v) is 3.34. The van der Waals surface area contributed by atoms with Crippen molar-refractivity contribution < 1.29 is 4.79 Å². The first-order valence-electron chi connectivity index (χ1n) is 3.51. The zero-order valence-corrected chi connectivity index (χ0v) is 6.18. The first-order valence-corrected chi connectivity index (χ1v) is 3.51. The molecule has 0 bridgehead atoms. The lowest BCUT2D eigenvalue weighted by atomic mass is 10.0. The van der Waals surface area contributed by atoms with Gasteiger partial charge in [0.1, 0.15) is 0 Å². The smallest absolute Gasteiger partial charge is 0.272 e. The SMILES string of the molecule is [C-]#[N+]CC(=O)CC1(C)CC1. The maximum Gasteiger partial charge on any atom is 0.272 e. The standard InChI is InChI=1S/C8H11NO/c1-8(3-4-8)5-7(10)6-9-2/h3-6H2,1H3. The molecule has 2 heteroatoms. The Kier molecular flexibility index (Phi) is 1.76. The number of Topliss-reactive ketones (excluding diaryl/α,β-unsaturated/α-hetero) is 1. The molecule has 0 aromatic heterocycles. The Labute approximate surface area is 61.1 Å². The van der Waals surface area contributed by atoms with E-state index in [-0.39, 0.29) is 17.7 Å². The van der Waals surface area contributed by atoms with Crippen LogP contribution in [0, 0.1) is 12.0 Å². The van der Waals surface area contributed by atoms with E-state index >= 15 is 0 Å². The van der Waals surface area contributed by atoms with Crippen molar-refractivity contribution in [2.75, 3.05) is 6.54 Å². The van der Waals surface area contributed by atoms with Gasteiger partial charge in [-0.1, -0.05) is 6.92 Å². The van der Waals surface area contributed by atoms with Gasteiger partial charge in [0.15, 0.2) is 0 Å². The summed E-state index contributed by atoms with van der Waals surface area (Å²) in [5.41, 5.74) is 0.280. The summed E-state index contributed by atoms with van der Waals surface area (Å²) in [6.07, 6.45) is 2.95. The summed E-state index contributed by atoms with van der Waals surface area (Å²) in [6.45, 7) is 8.65. The van der Waals surface area contributed by atoms with Crippen LogP contribution < -0.4 is 0 Å². The van der Waals surface area contributed by atoms with Gasteiger partial charge in [-0.3, -0.25) is 4.79 Å². The van der Waals surface area contributed by atoms with Crippen LogP contribution in [-0.2, 0) is 4.79 Å². The summed E-state index contributed by atoms with van der Waals surface area (Å²) in [4.78, 5) is 13.9. The first kappa shape index (κ1) is 7.27. The van der Waals surface area contributed by atoms with Crippen LogP contribution in [0.1, 0.15) is 26.2 Å². The van der Waals surface area contributed by atoms with Crippen LogP contribution in [0.25, 0.3) is 4.85 Å². The molecule has 1 saturated carbocycles. The number of ketones is 1. The van der Waals surface area contributed by atoms with Crippen molar-refractivity contribution in [3.8, 4) is 0 Å². The molecule has 0 heterocycles. The number of rotatable bonds is 3. The van der Waals surface area contributed by atoms with Gasteiger partial charge < -0.3 is 4.85 Å². The third-order valence-electron chi connectivity index (χ3n) is 1.98. The third kappa shape index (κ3) is 1.84. The first-order chi connectivity index (χ1) is 4.66. The second kappa shape index (κ2) is 2.42. The maximum atomic E-state index is 10.9. The molecule has 1 fully saturated rings. The normalized spacial score (nSPS) is 19.6. The average Bonchev–Trinajstić information content (AvgIpc) is 2.48. The molecule has 0 unspecified atom stereocenters. The van der Waals surface area contributed by atoms with E-state index in [0.717, 1.165) is 12.8 Å². The van der Waals surface area contributed by atoms with Crippen LogP contribution >= 0.6 is 0 Å². The van der Waals surface area contributed by atoms with Gasteiger partial charge in [0.05, 0.1) is 0 Å². The molecule has 0 radical (unpaired) electrons. The maximum absolute atomic E-state index is 10.9. The topological polar surface area (TPSA) is 21.4 Å². The fourth-order valence-electron chi connectivity index (χ4n) is 1.01. The van der Waals surface area contributed by atoms with E-state index in [9.17, 15) is 4.79 Å². The minimum absolute atomic E-state index is 0.0790. The Hall–Kier alpha value is -0.840. The van der Waals surface area contributed by atoms with Crippen molar-refractivity contribution in [2.45, 2.75) is 26.2 Å². The van der Waals surface area contributed by atoms with Crippen molar-refractivity contribution in [1.82, 2.24) is 0 Å². The molecule has 1 aliphatic rings. The summed E-state index contributed by atoms with van der Waals surface area (Å²) >= 11 is 0. The molecule has 10 heavy (non-hydrogen) atoms. The lowest BCUT2D eigenvalue weighted by Gasteiger charge is -2.01. The molecule has 0 aromatic rings. The van der Waals surface area contributed by atoms with Crippen molar-refractivity contribution in [1.29, 1.82) is 0 Å². The van der Waals surface area contributed by atoms with Crippen molar-refractivity contribution in [3.63, 3.8) is 0 Å². The summed E-state index contributed by atoms with van der Waals surface area (Å²) in [5, 5.41) is 0. The van der Waals surface area contributed by atoms with Gasteiger partial charge in [-0.25, -0.2) is 6.57 Å². The van der Waals surface area contributed by atoms with Gasteiger partial charge in [0, 0.05) is 6.42 Å². The Bertz CT molecular complexity index is 186. The predicted octanol–water partition coefficient (Wildman–Crippen LogP) is 1.66. The Balaban J connectivity index is 2.26. The molecule has 0 spiro atoms. The number of carbonyl (C=O) groups excluding carboxylic acids is 1. The molecule has 2 nitrogen and oxygen atoms in total. The van der Waals surface area contributed by atoms with Crippen LogP contribution in [-0.4, -0.2) is 12.3 Å². The summed E-state index contributed by atoms with van der Waals surface area (Å²) in [7, 11) is 0. The lowest BCUT2D eigenvalue weighted by molar-refractivity contribution is -0.118. The highest BCUT2D eigenvalue weighted by Crippen LogP contribution is 2.48. The lowest BCUT2D eigenvalue weighted by Crippen LogP contribution is -2.07. The highest BCUT2D eigenvalue weighted by molar-refractivity contribution is 5.82. The highest BCUT2D eigenvalue weighted by Gasteiger charge is 2.39. The number of hydrogen-bond acceptors (Lipinski definition) is 1. The largest absolute Gasteiger partial charge is 0.309 e. The molecule has 0 saturated heterocycles. The minimum Gasteiger partial charge on any atom is -0.309 e. The molecule has 0 aromatic carbocycles. The van der Waals surface area contributed by atoms with Crippen molar-refractivity contribution in [3.05, 3.63) is 11.4 Å². The zero-order chi connectivity index (χ0) is 7.61. The summed E-state index contributed by atoms with van der Waals surface area (Å²) in [5.74, 6) is 0.106. The molecule has 0 N–H and O–H groups in total. The fourth-order valence-corrected chi connectivity index (χ4v) is 1.01. The molecule has 0 atom stereocenters. The molecule has 0 aliphatic heterocycles. The summed E-state index contributed by atoms with van der Waals surface area (Å²) < 4.78 is 0. The summed E-state index contributed by atoms with van der Waals surface area (Å²) in [6, 6.07) is 0. The van der Waals surface area contributed by atoms with E-state index in [1.165, 1.54) is 0 Å². The van der Waals surface area contributed by atoms with Gasteiger partial charge in [-0.15, -0.1) is 0 Å². The van der Waals surface area contributed by atoms with E-state index in [1.54, 1.807) is 0 Å². The molecule has 1 rings (SSSR count). The minimum atomic E-state index is 0.0790. The monoisotopic (exact) mass is 137 g/mol. The Morgan fingerprint density at radius 1 is 1.70 bits per heavy atom. The van der Waals surface area contributed by atoms with E-state index in [2.05, 4.69) is 11.8 Å². The zero-order valence-electron chi connectivity index (χ0n) is 6.18. The van der Waals surface area contributed by atoms with Crippen LogP contribution in [0.3, 0.4) is 0 Å². The van der Waals surface area contributed by atoms with Gasteiger partial charge in [-0.2, -0.15) is 0 Å². The molecular weight excluding hydrogens is 126 g/mol. The molecular formula is C8H11NO. The number of carbonyl (C=O) groups is 1. The quantitative estimate of drug-likeness (QED) is 0.542. The van der Waals surface area contributed by atoms with E-state index in [1.807, 2.05) is 0 Å². The van der Waals surface area contributed by atoms with Crippen LogP contribution in [0.4, 0.5) is 0 Å². The van der Waals surface area contributed by atoms with Crippen LogP contribution in [0.2, 0.25) is 0 Å². The molecule has 0 amide bonds. The number of hydrogen-bond donors (Lipinski definition) is 0. The van der Waals surface area contributed by atoms with Gasteiger partial charge >= 0.3 is 0 Å². The average molecular weight is 137 g/mol. The predicted molar refractivity (Wildman–Crippen MR) is 38.4 cm³/mol. The van der Waals surface area contributed by atoms with Crippen molar-refractivity contribution in [2.24, 2.45) is 5.41 Å². The second-order valence-electron chi connectivity index (χ2n) is 3.34. The Morgan fingerprint density at radius 2 is 2.30 bits per heavy atom. The fraction of sp³-hybridized carbons (Fsp3) is 0.750. The Morgan fingerprint density at radius 3 is 2.70 bits per heavy atom.